The van der Waals surface area contributed by atoms with Crippen LogP contribution in [0.1, 0.15) is 171 Å². The Morgan fingerprint density at radius 2 is 0.741 bits per heavy atom. The van der Waals surface area contributed by atoms with Crippen LogP contribution in [0.3, 0.4) is 0 Å². The molecule has 0 saturated carbocycles. The zero-order chi connectivity index (χ0) is 42.2. The molecule has 0 N–H and O–H groups in total. The molecule has 0 aromatic rings. The fraction of sp³-hybridized carbons (Fsp3) is 0.978. The third-order valence-electron chi connectivity index (χ3n) is 10.6. The van der Waals surface area contributed by atoms with Crippen LogP contribution >= 0.6 is 0 Å². The fourth-order valence-electron chi connectivity index (χ4n) is 6.91. The van der Waals surface area contributed by atoms with E-state index in [-0.39, 0.29) is 12.6 Å². The van der Waals surface area contributed by atoms with Crippen LogP contribution in [0.5, 0.6) is 0 Å². The molecule has 0 aliphatic carbocycles. The molecule has 2 aliphatic heterocycles. The molecular formula is C46H88O12. The molecule has 344 valence electrons. The molecule has 0 bridgehead atoms. The molecular weight excluding hydrogens is 744 g/mol. The predicted molar refractivity (Wildman–Crippen MR) is 227 cm³/mol. The molecule has 12 heteroatoms. The SMILES string of the molecule is CCCCCC(=O)OCC1O[C@H](O[C@H]2O[C@H](COCCCC)[C@@H](OCCCC)C(OCCCC)C2OCCCC)C(OCCCC)C(OCCCC)[C@@H]1OCCCC. The van der Waals surface area contributed by atoms with Gasteiger partial charge in [0.2, 0.25) is 0 Å². The van der Waals surface area contributed by atoms with E-state index in [4.69, 9.17) is 52.1 Å². The monoisotopic (exact) mass is 833 g/mol. The van der Waals surface area contributed by atoms with Gasteiger partial charge in [-0.05, 0) is 51.4 Å². The molecule has 10 atom stereocenters. The zero-order valence-corrected chi connectivity index (χ0v) is 38.3. The quantitative estimate of drug-likeness (QED) is 0.0438. The summed E-state index contributed by atoms with van der Waals surface area (Å²) in [7, 11) is 0. The van der Waals surface area contributed by atoms with Gasteiger partial charge >= 0.3 is 5.97 Å². The molecule has 0 aromatic heterocycles. The van der Waals surface area contributed by atoms with Crippen LogP contribution in [0, 0.1) is 0 Å². The molecule has 0 spiro atoms. The molecule has 0 radical (unpaired) electrons. The number of unbranched alkanes of at least 4 members (excludes halogenated alkanes) is 9. The minimum Gasteiger partial charge on any atom is -0.463 e. The van der Waals surface area contributed by atoms with E-state index in [1.807, 2.05) is 0 Å². The lowest BCUT2D eigenvalue weighted by atomic mass is 9.96. The lowest BCUT2D eigenvalue weighted by molar-refractivity contribution is -0.391. The van der Waals surface area contributed by atoms with Crippen molar-refractivity contribution < 1.29 is 56.9 Å². The van der Waals surface area contributed by atoms with Crippen molar-refractivity contribution >= 4 is 5.97 Å². The minimum absolute atomic E-state index is 0.00285. The van der Waals surface area contributed by atoms with Gasteiger partial charge in [-0.1, -0.05) is 113 Å². The van der Waals surface area contributed by atoms with E-state index in [9.17, 15) is 4.79 Å². The Bertz CT molecular complexity index is 958. The van der Waals surface area contributed by atoms with Crippen molar-refractivity contribution in [1.29, 1.82) is 0 Å². The average Bonchev–Trinajstić information content (AvgIpc) is 3.22. The smallest absolute Gasteiger partial charge is 0.305 e. The fourth-order valence-corrected chi connectivity index (χ4v) is 6.91. The molecule has 2 heterocycles. The second-order valence-electron chi connectivity index (χ2n) is 15.9. The van der Waals surface area contributed by atoms with Crippen LogP contribution in [0.25, 0.3) is 0 Å². The first-order valence-corrected chi connectivity index (χ1v) is 23.8. The maximum absolute atomic E-state index is 13.0. The third kappa shape index (κ3) is 20.3. The van der Waals surface area contributed by atoms with Crippen molar-refractivity contribution in [2.45, 2.75) is 232 Å². The lowest BCUT2D eigenvalue weighted by Crippen LogP contribution is -2.66. The number of ether oxygens (including phenoxy) is 11. The first-order valence-electron chi connectivity index (χ1n) is 23.8. The van der Waals surface area contributed by atoms with Crippen LogP contribution in [0.15, 0.2) is 0 Å². The van der Waals surface area contributed by atoms with Crippen LogP contribution in [-0.4, -0.2) is 127 Å². The largest absolute Gasteiger partial charge is 0.463 e. The lowest BCUT2D eigenvalue weighted by Gasteiger charge is -2.49. The van der Waals surface area contributed by atoms with E-state index >= 15 is 0 Å². The highest BCUT2D eigenvalue weighted by Gasteiger charge is 2.54. The van der Waals surface area contributed by atoms with Gasteiger partial charge in [0.15, 0.2) is 12.6 Å². The second kappa shape index (κ2) is 34.6. The van der Waals surface area contributed by atoms with Crippen LogP contribution in [0.4, 0.5) is 0 Å². The summed E-state index contributed by atoms with van der Waals surface area (Å²) >= 11 is 0. The minimum atomic E-state index is -0.962. The van der Waals surface area contributed by atoms with Crippen molar-refractivity contribution in [2.24, 2.45) is 0 Å². The molecule has 0 amide bonds. The van der Waals surface area contributed by atoms with E-state index in [0.29, 0.717) is 59.3 Å². The number of hydrogen-bond donors (Lipinski definition) is 0. The summed E-state index contributed by atoms with van der Waals surface area (Å²) in [5, 5.41) is 0. The first kappa shape index (κ1) is 53.2. The zero-order valence-electron chi connectivity index (χ0n) is 38.3. The second-order valence-corrected chi connectivity index (χ2v) is 15.9. The number of esters is 1. The Hall–Kier alpha value is -0.930. The summed E-state index contributed by atoms with van der Waals surface area (Å²) in [6, 6.07) is 0. The van der Waals surface area contributed by atoms with Gasteiger partial charge in [0.1, 0.15) is 55.4 Å². The van der Waals surface area contributed by atoms with E-state index < -0.39 is 61.4 Å². The molecule has 58 heavy (non-hydrogen) atoms. The molecule has 5 unspecified atom stereocenters. The maximum atomic E-state index is 13.0. The number of rotatable bonds is 37. The van der Waals surface area contributed by atoms with Gasteiger partial charge in [0, 0.05) is 52.7 Å². The Morgan fingerprint density at radius 1 is 0.397 bits per heavy atom. The van der Waals surface area contributed by atoms with Crippen molar-refractivity contribution in [1.82, 2.24) is 0 Å². The van der Waals surface area contributed by atoms with E-state index in [0.717, 1.165) is 109 Å². The number of hydrogen-bond acceptors (Lipinski definition) is 12. The Balaban J connectivity index is 2.64. The van der Waals surface area contributed by atoms with Gasteiger partial charge in [-0.3, -0.25) is 4.79 Å². The standard InChI is InChI=1S/C46H88O12/c1-9-17-25-26-38(47)55-35-37-40(50-29-20-12-4)42(52-31-22-14-6)44(54-33-24-16-8)46(57-37)58-45-43(53-32-23-15-7)41(51-30-21-13-5)39(49-28-19-11-3)36(56-45)34-48-27-18-10-2/h36-37,39-46H,9-35H2,1-8H3/t36-,37?,39-,40-,41?,42?,43?,44?,45-,46-/m1/s1. The van der Waals surface area contributed by atoms with E-state index in [2.05, 4.69) is 55.4 Å². The molecule has 2 saturated heterocycles. The van der Waals surface area contributed by atoms with Crippen LogP contribution in [-0.2, 0) is 56.9 Å². The highest BCUT2D eigenvalue weighted by atomic mass is 16.8. The molecule has 12 nitrogen and oxygen atoms in total. The summed E-state index contributed by atoms with van der Waals surface area (Å²) in [5.41, 5.74) is 0. The highest BCUT2D eigenvalue weighted by molar-refractivity contribution is 5.69. The van der Waals surface area contributed by atoms with Crippen molar-refractivity contribution in [3.63, 3.8) is 0 Å². The summed E-state index contributed by atoms with van der Waals surface area (Å²) in [6.45, 7) is 21.2. The van der Waals surface area contributed by atoms with Crippen LogP contribution in [0.2, 0.25) is 0 Å². The Morgan fingerprint density at radius 3 is 1.14 bits per heavy atom. The molecule has 0 aromatic carbocycles. The van der Waals surface area contributed by atoms with Gasteiger partial charge < -0.3 is 52.1 Å². The van der Waals surface area contributed by atoms with E-state index in [1.165, 1.54) is 0 Å². The Kier molecular flexibility index (Phi) is 31.8. The summed E-state index contributed by atoms with van der Waals surface area (Å²) in [5.74, 6) is -0.251. The number of carbonyl (C=O) groups is 1. The van der Waals surface area contributed by atoms with Gasteiger partial charge in [0.25, 0.3) is 0 Å². The maximum Gasteiger partial charge on any atom is 0.305 e. The normalized spacial score (nSPS) is 27.6. The highest BCUT2D eigenvalue weighted by Crippen LogP contribution is 2.35. The first-order chi connectivity index (χ1) is 28.4. The van der Waals surface area contributed by atoms with Crippen molar-refractivity contribution in [2.75, 3.05) is 59.5 Å². The van der Waals surface area contributed by atoms with Gasteiger partial charge in [-0.15, -0.1) is 0 Å². The molecule has 2 rings (SSSR count). The van der Waals surface area contributed by atoms with Crippen molar-refractivity contribution in [3.05, 3.63) is 0 Å². The summed E-state index contributed by atoms with van der Waals surface area (Å²) in [6.07, 6.45) is 9.94. The number of carbonyl (C=O) groups excluding carboxylic acids is 1. The van der Waals surface area contributed by atoms with Crippen molar-refractivity contribution in [3.8, 4) is 0 Å². The van der Waals surface area contributed by atoms with Gasteiger partial charge in [-0.25, -0.2) is 0 Å². The third-order valence-corrected chi connectivity index (χ3v) is 10.6. The Labute approximate surface area is 354 Å². The summed E-state index contributed by atoms with van der Waals surface area (Å²) in [4.78, 5) is 13.0. The van der Waals surface area contributed by atoms with Crippen LogP contribution < -0.4 is 0 Å². The van der Waals surface area contributed by atoms with E-state index in [1.54, 1.807) is 0 Å². The van der Waals surface area contributed by atoms with Gasteiger partial charge in [-0.2, -0.15) is 0 Å². The van der Waals surface area contributed by atoms with Gasteiger partial charge in [0.05, 0.1) is 6.61 Å². The average molecular weight is 833 g/mol. The topological polar surface area (TPSA) is 119 Å². The molecule has 2 aliphatic rings. The predicted octanol–water partition coefficient (Wildman–Crippen LogP) is 9.50. The summed E-state index contributed by atoms with van der Waals surface area (Å²) < 4.78 is 73.1. The molecule has 2 fully saturated rings.